The van der Waals surface area contributed by atoms with Crippen molar-refractivity contribution in [3.63, 3.8) is 0 Å². The average Bonchev–Trinajstić information content (AvgIpc) is 3.04. The third-order valence-corrected chi connectivity index (χ3v) is 5.61. The van der Waals surface area contributed by atoms with Crippen LogP contribution in [0.3, 0.4) is 0 Å². The normalized spacial score (nSPS) is 18.9. The van der Waals surface area contributed by atoms with Crippen molar-refractivity contribution in [1.82, 2.24) is 4.98 Å². The predicted molar refractivity (Wildman–Crippen MR) is 107 cm³/mol. The second-order valence-electron chi connectivity index (χ2n) is 6.24. The zero-order chi connectivity index (χ0) is 19.2. The summed E-state index contributed by atoms with van der Waals surface area (Å²) < 4.78 is 6.69. The van der Waals surface area contributed by atoms with Crippen LogP contribution in [0.4, 0.5) is 10.8 Å². The van der Waals surface area contributed by atoms with E-state index in [0.717, 1.165) is 10.2 Å². The molecule has 2 heterocycles. The molecule has 6 nitrogen and oxygen atoms in total. The number of fused-ring (bicyclic) bond motifs is 2. The number of carbonyl (C=O) groups excluding carboxylic acids is 2. The zero-order valence-corrected chi connectivity index (χ0v) is 16.2. The molecule has 0 bridgehead atoms. The topological polar surface area (TPSA) is 71.5 Å². The van der Waals surface area contributed by atoms with Gasteiger partial charge < -0.3 is 9.64 Å². The summed E-state index contributed by atoms with van der Waals surface area (Å²) in [6, 6.07) is 12.5. The fourth-order valence-electron chi connectivity index (χ4n) is 3.02. The first-order valence-corrected chi connectivity index (χ1v) is 9.59. The molecule has 8 heteroatoms. The molecule has 0 saturated carbocycles. The standard InChI is InChI=1S/C19H16ClN3O3S/c1-3-23-13-6-4-5-7-14(13)26-19(2,17(23)25)16(24)22-18-21-12-9-8-11(20)10-15(12)27-18/h4-10H,3H2,1-2H3,(H,21,22,24). The van der Waals surface area contributed by atoms with Gasteiger partial charge in [0.1, 0.15) is 5.75 Å². The molecule has 0 aliphatic carbocycles. The van der Waals surface area contributed by atoms with Crippen LogP contribution >= 0.6 is 22.9 Å². The van der Waals surface area contributed by atoms with Crippen molar-refractivity contribution < 1.29 is 14.3 Å². The van der Waals surface area contributed by atoms with E-state index < -0.39 is 17.4 Å². The van der Waals surface area contributed by atoms with Crippen LogP contribution in [0.5, 0.6) is 5.75 Å². The molecule has 1 aliphatic heterocycles. The molecular formula is C19H16ClN3O3S. The first-order valence-electron chi connectivity index (χ1n) is 8.40. The number of ether oxygens (including phenoxy) is 1. The van der Waals surface area contributed by atoms with Gasteiger partial charge in [-0.05, 0) is 44.2 Å². The summed E-state index contributed by atoms with van der Waals surface area (Å²) in [6.45, 7) is 3.77. The number of anilines is 2. The highest BCUT2D eigenvalue weighted by molar-refractivity contribution is 7.22. The Labute approximate surface area is 164 Å². The van der Waals surface area contributed by atoms with Gasteiger partial charge in [0.05, 0.1) is 15.9 Å². The number of benzene rings is 2. The van der Waals surface area contributed by atoms with Crippen molar-refractivity contribution in [3.8, 4) is 5.75 Å². The highest BCUT2D eigenvalue weighted by atomic mass is 35.5. The molecule has 3 aromatic rings. The summed E-state index contributed by atoms with van der Waals surface area (Å²) in [5.74, 6) is -0.483. The first kappa shape index (κ1) is 17.8. The molecule has 4 rings (SSSR count). The maximum absolute atomic E-state index is 13.0. The molecule has 1 aliphatic rings. The Morgan fingerprint density at radius 3 is 2.89 bits per heavy atom. The summed E-state index contributed by atoms with van der Waals surface area (Å²) >= 11 is 7.29. The highest BCUT2D eigenvalue weighted by Crippen LogP contribution is 2.38. The van der Waals surface area contributed by atoms with Gasteiger partial charge in [-0.2, -0.15) is 0 Å². The zero-order valence-electron chi connectivity index (χ0n) is 14.7. The fraction of sp³-hybridized carbons (Fsp3) is 0.211. The van der Waals surface area contributed by atoms with Crippen molar-refractivity contribution in [1.29, 1.82) is 0 Å². The Hall–Kier alpha value is -2.64. The third kappa shape index (κ3) is 2.93. The number of para-hydroxylation sites is 2. The lowest BCUT2D eigenvalue weighted by atomic mass is 10.00. The van der Waals surface area contributed by atoms with Gasteiger partial charge >= 0.3 is 0 Å². The van der Waals surface area contributed by atoms with E-state index in [0.29, 0.717) is 28.1 Å². The molecule has 0 fully saturated rings. The minimum absolute atomic E-state index is 0.386. The van der Waals surface area contributed by atoms with Gasteiger partial charge in [0, 0.05) is 11.6 Å². The van der Waals surface area contributed by atoms with Crippen LogP contribution in [0.2, 0.25) is 5.02 Å². The van der Waals surface area contributed by atoms with E-state index in [2.05, 4.69) is 10.3 Å². The quantitative estimate of drug-likeness (QED) is 0.671. The van der Waals surface area contributed by atoms with Gasteiger partial charge in [0.25, 0.3) is 17.4 Å². The second-order valence-corrected chi connectivity index (χ2v) is 7.70. The van der Waals surface area contributed by atoms with E-state index in [1.165, 1.54) is 18.3 Å². The summed E-state index contributed by atoms with van der Waals surface area (Å²) in [6.07, 6.45) is 0. The highest BCUT2D eigenvalue weighted by Gasteiger charge is 2.50. The number of nitrogens with one attached hydrogen (secondary N) is 1. The number of amides is 2. The SMILES string of the molecule is CCN1C(=O)C(C)(C(=O)Nc2nc3ccc(Cl)cc3s2)Oc2ccccc21. The van der Waals surface area contributed by atoms with E-state index in [4.69, 9.17) is 16.3 Å². The van der Waals surface area contributed by atoms with Crippen molar-refractivity contribution in [3.05, 3.63) is 47.5 Å². The average molecular weight is 402 g/mol. The van der Waals surface area contributed by atoms with E-state index >= 15 is 0 Å². The van der Waals surface area contributed by atoms with Crippen LogP contribution in [0.25, 0.3) is 10.2 Å². The number of nitrogens with zero attached hydrogens (tertiary/aromatic N) is 2. The lowest BCUT2D eigenvalue weighted by Gasteiger charge is -2.38. The molecule has 138 valence electrons. The Morgan fingerprint density at radius 1 is 1.33 bits per heavy atom. The Bertz CT molecular complexity index is 1070. The molecule has 0 saturated heterocycles. The molecule has 0 radical (unpaired) electrons. The maximum Gasteiger partial charge on any atom is 0.280 e. The van der Waals surface area contributed by atoms with Crippen LogP contribution in [0.1, 0.15) is 13.8 Å². The number of rotatable bonds is 3. The maximum atomic E-state index is 13.0. The number of likely N-dealkylation sites (N-methyl/N-ethyl adjacent to an activating group) is 1. The molecule has 0 spiro atoms. The summed E-state index contributed by atoms with van der Waals surface area (Å²) in [5, 5.41) is 3.70. The number of hydrogen-bond donors (Lipinski definition) is 1. The van der Waals surface area contributed by atoms with Gasteiger partial charge in [0.15, 0.2) is 5.13 Å². The molecule has 2 amide bonds. The summed E-state index contributed by atoms with van der Waals surface area (Å²) in [7, 11) is 0. The number of aromatic nitrogens is 1. The smallest absolute Gasteiger partial charge is 0.280 e. The number of thiazole rings is 1. The lowest BCUT2D eigenvalue weighted by molar-refractivity contribution is -0.145. The lowest BCUT2D eigenvalue weighted by Crippen LogP contribution is -2.60. The van der Waals surface area contributed by atoms with Gasteiger partial charge in [-0.3, -0.25) is 14.9 Å². The Kier molecular flexibility index (Phi) is 4.28. The molecule has 1 N–H and O–H groups in total. The molecule has 27 heavy (non-hydrogen) atoms. The largest absolute Gasteiger partial charge is 0.465 e. The van der Waals surface area contributed by atoms with Crippen molar-refractivity contribution in [2.24, 2.45) is 0 Å². The van der Waals surface area contributed by atoms with Crippen LogP contribution in [0.15, 0.2) is 42.5 Å². The molecule has 1 aromatic heterocycles. The van der Waals surface area contributed by atoms with Crippen LogP contribution in [0, 0.1) is 0 Å². The summed E-state index contributed by atoms with van der Waals surface area (Å²) in [4.78, 5) is 31.9. The van der Waals surface area contributed by atoms with Crippen molar-refractivity contribution in [2.75, 3.05) is 16.8 Å². The molecule has 2 aromatic carbocycles. The van der Waals surface area contributed by atoms with Crippen molar-refractivity contribution >= 4 is 55.8 Å². The first-order chi connectivity index (χ1) is 12.9. The van der Waals surface area contributed by atoms with Gasteiger partial charge in [-0.25, -0.2) is 4.98 Å². The van der Waals surface area contributed by atoms with Gasteiger partial charge in [-0.1, -0.05) is 35.1 Å². The molecule has 1 unspecified atom stereocenters. The summed E-state index contributed by atoms with van der Waals surface area (Å²) in [5.41, 5.74) is -0.300. The Balaban J connectivity index is 1.66. The van der Waals surface area contributed by atoms with E-state index in [-0.39, 0.29) is 0 Å². The fourth-order valence-corrected chi connectivity index (χ4v) is 4.16. The number of halogens is 1. The molecular weight excluding hydrogens is 386 g/mol. The minimum atomic E-state index is -1.68. The van der Waals surface area contributed by atoms with E-state index in [1.54, 1.807) is 41.3 Å². The number of hydrogen-bond acceptors (Lipinski definition) is 5. The Morgan fingerprint density at radius 2 is 2.11 bits per heavy atom. The van der Waals surface area contributed by atoms with Crippen LogP contribution in [-0.2, 0) is 9.59 Å². The monoisotopic (exact) mass is 401 g/mol. The third-order valence-electron chi connectivity index (χ3n) is 4.44. The van der Waals surface area contributed by atoms with E-state index in [9.17, 15) is 9.59 Å². The van der Waals surface area contributed by atoms with Gasteiger partial charge in [-0.15, -0.1) is 0 Å². The predicted octanol–water partition coefficient (Wildman–Crippen LogP) is 4.09. The number of carbonyl (C=O) groups is 2. The van der Waals surface area contributed by atoms with Crippen LogP contribution < -0.4 is 15.0 Å². The van der Waals surface area contributed by atoms with Crippen LogP contribution in [-0.4, -0.2) is 28.9 Å². The molecule has 1 atom stereocenters. The minimum Gasteiger partial charge on any atom is -0.465 e. The van der Waals surface area contributed by atoms with Crippen molar-refractivity contribution in [2.45, 2.75) is 19.4 Å². The van der Waals surface area contributed by atoms with E-state index in [1.807, 2.05) is 13.0 Å². The second kappa shape index (κ2) is 6.51. The van der Waals surface area contributed by atoms with Gasteiger partial charge in [0.2, 0.25) is 0 Å².